The highest BCUT2D eigenvalue weighted by molar-refractivity contribution is 7.51. The van der Waals surface area contributed by atoms with Crippen molar-refractivity contribution >= 4 is 16.3 Å². The first kappa shape index (κ1) is 8.21. The molecule has 5 nitrogen and oxygen atoms in total. The molecule has 0 unspecified atom stereocenters. The van der Waals surface area contributed by atoms with E-state index in [0.29, 0.717) is 0 Å². The third kappa shape index (κ3) is 6.21. The molecule has 0 fully saturated rings. The minimum absolute atomic E-state index is 0.712. The van der Waals surface area contributed by atoms with Crippen molar-refractivity contribution in [2.45, 2.75) is 0 Å². The molecule has 0 aromatic rings. The molecule has 0 spiro atoms. The first-order valence-corrected chi connectivity index (χ1v) is 4.08. The first-order chi connectivity index (χ1) is 3.56. The maximum Gasteiger partial charge on any atom is 0.352 e. The third-order valence-electron chi connectivity index (χ3n) is 0.279. The van der Waals surface area contributed by atoms with Crippen LogP contribution in [0.25, 0.3) is 0 Å². The van der Waals surface area contributed by atoms with Gasteiger partial charge in [0, 0.05) is 0 Å². The lowest BCUT2D eigenvalue weighted by Crippen LogP contribution is -1.84. The number of hydrogen-bond donors (Lipinski definition) is 2. The SMILES string of the molecule is O=POCP(=O)(O)O. The lowest BCUT2D eigenvalue weighted by Gasteiger charge is -1.96. The quantitative estimate of drug-likeness (QED) is 0.578. The average molecular weight is 158 g/mol. The fraction of sp³-hybridized carbons (Fsp3) is 1.00. The molecule has 0 aliphatic rings. The highest BCUT2D eigenvalue weighted by atomic mass is 31.2. The summed E-state index contributed by atoms with van der Waals surface area (Å²) in [7, 11) is -4.82. The van der Waals surface area contributed by atoms with Gasteiger partial charge in [-0.15, -0.1) is 0 Å². The Balaban J connectivity index is 3.40. The van der Waals surface area contributed by atoms with Gasteiger partial charge in [-0.3, -0.25) is 9.09 Å². The zero-order chi connectivity index (χ0) is 6.62. The minimum atomic E-state index is -4.11. The number of rotatable bonds is 3. The molecule has 0 rings (SSSR count). The zero-order valence-corrected chi connectivity index (χ0v) is 5.51. The van der Waals surface area contributed by atoms with Gasteiger partial charge in [-0.2, -0.15) is 0 Å². The van der Waals surface area contributed by atoms with E-state index in [4.69, 9.17) is 9.79 Å². The van der Waals surface area contributed by atoms with E-state index < -0.39 is 22.6 Å². The van der Waals surface area contributed by atoms with E-state index in [2.05, 4.69) is 4.52 Å². The van der Waals surface area contributed by atoms with Gasteiger partial charge in [0.05, 0.1) is 0 Å². The Morgan fingerprint density at radius 2 is 2.12 bits per heavy atom. The Morgan fingerprint density at radius 1 is 1.62 bits per heavy atom. The molecule has 0 radical (unpaired) electrons. The summed E-state index contributed by atoms with van der Waals surface area (Å²) in [6.07, 6.45) is -0.794. The topological polar surface area (TPSA) is 83.8 Å². The van der Waals surface area contributed by atoms with Gasteiger partial charge in [0.1, 0.15) is 0 Å². The zero-order valence-electron chi connectivity index (χ0n) is 3.72. The summed E-state index contributed by atoms with van der Waals surface area (Å²) >= 11 is 0. The molecule has 0 saturated heterocycles. The molecule has 48 valence electrons. The predicted octanol–water partition coefficient (Wildman–Crippen LogP) is 0.345. The van der Waals surface area contributed by atoms with Gasteiger partial charge in [0.25, 0.3) is 0 Å². The molecule has 2 N–H and O–H groups in total. The summed E-state index contributed by atoms with van der Waals surface area (Å²) in [4.78, 5) is 16.0. The maximum atomic E-state index is 9.82. The summed E-state index contributed by atoms with van der Waals surface area (Å²) in [5.41, 5.74) is 0. The molecule has 0 aromatic heterocycles. The van der Waals surface area contributed by atoms with Gasteiger partial charge in [0.2, 0.25) is 0 Å². The molecule has 0 bridgehead atoms. The van der Waals surface area contributed by atoms with Crippen molar-refractivity contribution in [3.8, 4) is 0 Å². The van der Waals surface area contributed by atoms with Crippen LogP contribution in [0.2, 0.25) is 0 Å². The van der Waals surface area contributed by atoms with E-state index in [1.807, 2.05) is 0 Å². The van der Waals surface area contributed by atoms with Gasteiger partial charge in [-0.25, -0.2) is 4.57 Å². The lowest BCUT2D eigenvalue weighted by atomic mass is 11.7. The van der Waals surface area contributed by atoms with Gasteiger partial charge in [-0.05, 0) is 0 Å². The fourth-order valence-corrected chi connectivity index (χ4v) is 0.889. The van der Waals surface area contributed by atoms with Crippen LogP contribution < -0.4 is 0 Å². The monoisotopic (exact) mass is 158 g/mol. The molecule has 0 saturated carbocycles. The molecule has 0 aliphatic carbocycles. The van der Waals surface area contributed by atoms with Crippen molar-refractivity contribution in [2.75, 3.05) is 6.35 Å². The molecule has 0 aliphatic heterocycles. The summed E-state index contributed by atoms with van der Waals surface area (Å²) in [6, 6.07) is 0. The first-order valence-electron chi connectivity index (χ1n) is 1.55. The van der Waals surface area contributed by atoms with Crippen LogP contribution >= 0.6 is 16.3 Å². The van der Waals surface area contributed by atoms with Crippen LogP contribution in [0.5, 0.6) is 0 Å². The van der Waals surface area contributed by atoms with E-state index in [9.17, 15) is 9.13 Å². The van der Waals surface area contributed by atoms with Crippen LogP contribution in [0.4, 0.5) is 0 Å². The Hall–Kier alpha value is 0.210. The molecule has 0 heterocycles. The minimum Gasteiger partial charge on any atom is -0.323 e. The van der Waals surface area contributed by atoms with E-state index >= 15 is 0 Å². The second-order valence-corrected chi connectivity index (χ2v) is 2.99. The van der Waals surface area contributed by atoms with E-state index in [1.54, 1.807) is 0 Å². The molecule has 7 heteroatoms. The summed E-state index contributed by atoms with van der Waals surface area (Å²) in [6.45, 7) is 0. The highest BCUT2D eigenvalue weighted by Crippen LogP contribution is 2.34. The summed E-state index contributed by atoms with van der Waals surface area (Å²) in [5, 5.41) is 0. The van der Waals surface area contributed by atoms with Gasteiger partial charge >= 0.3 is 16.3 Å². The standard InChI is InChI=1S/CH4O5P2/c2-7-6-1-8(3,4)5/h1H2,(H2,3,4,5). The molecule has 0 amide bonds. The van der Waals surface area contributed by atoms with Crippen LogP contribution in [-0.4, -0.2) is 16.1 Å². The molecule has 0 aromatic carbocycles. The average Bonchev–Trinajstić information content (AvgIpc) is 1.59. The van der Waals surface area contributed by atoms with Crippen molar-refractivity contribution in [3.63, 3.8) is 0 Å². The Bertz CT molecular complexity index is 114. The van der Waals surface area contributed by atoms with Crippen LogP contribution in [0, 0.1) is 0 Å². The van der Waals surface area contributed by atoms with Gasteiger partial charge in [0.15, 0.2) is 6.35 Å². The Kier molecular flexibility index (Phi) is 3.36. The van der Waals surface area contributed by atoms with E-state index in [-0.39, 0.29) is 0 Å². The molecule has 8 heavy (non-hydrogen) atoms. The van der Waals surface area contributed by atoms with Crippen LogP contribution in [0.1, 0.15) is 0 Å². The van der Waals surface area contributed by atoms with E-state index in [0.717, 1.165) is 0 Å². The largest absolute Gasteiger partial charge is 0.352 e. The normalized spacial score (nSPS) is 12.2. The van der Waals surface area contributed by atoms with Crippen molar-refractivity contribution in [1.29, 1.82) is 0 Å². The summed E-state index contributed by atoms with van der Waals surface area (Å²) < 4.78 is 23.1. The summed E-state index contributed by atoms with van der Waals surface area (Å²) in [5.74, 6) is 0. The van der Waals surface area contributed by atoms with Crippen LogP contribution in [-0.2, 0) is 13.7 Å². The highest BCUT2D eigenvalue weighted by Gasteiger charge is 2.11. The van der Waals surface area contributed by atoms with Crippen LogP contribution in [0.15, 0.2) is 0 Å². The second-order valence-electron chi connectivity index (χ2n) is 0.997. The lowest BCUT2D eigenvalue weighted by molar-refractivity contribution is 0.312. The smallest absolute Gasteiger partial charge is 0.323 e. The van der Waals surface area contributed by atoms with E-state index in [1.165, 1.54) is 0 Å². The van der Waals surface area contributed by atoms with Crippen molar-refractivity contribution < 1.29 is 23.4 Å². The molecular weight excluding hydrogens is 154 g/mol. The molecular formula is CH4O5P2. The Labute approximate surface area is 47.1 Å². The molecule has 0 atom stereocenters. The predicted molar refractivity (Wildman–Crippen MR) is 25.6 cm³/mol. The second kappa shape index (κ2) is 3.28. The fourth-order valence-electron chi connectivity index (χ4n) is 0.0988. The van der Waals surface area contributed by atoms with Crippen molar-refractivity contribution in [2.24, 2.45) is 0 Å². The third-order valence-corrected chi connectivity index (χ3v) is 1.18. The maximum absolute atomic E-state index is 9.82. The van der Waals surface area contributed by atoms with Crippen molar-refractivity contribution in [3.05, 3.63) is 0 Å². The number of hydrogen-bond acceptors (Lipinski definition) is 3. The van der Waals surface area contributed by atoms with Crippen molar-refractivity contribution in [1.82, 2.24) is 0 Å². The van der Waals surface area contributed by atoms with Gasteiger partial charge < -0.3 is 9.79 Å². The van der Waals surface area contributed by atoms with Gasteiger partial charge in [-0.1, -0.05) is 0 Å². The van der Waals surface area contributed by atoms with Crippen LogP contribution in [0.3, 0.4) is 0 Å². The Morgan fingerprint density at radius 3 is 2.25 bits per heavy atom.